The number of nitrogens with zero attached hydrogens (tertiary/aromatic N) is 2. The first-order valence-electron chi connectivity index (χ1n) is 11.9. The highest BCUT2D eigenvalue weighted by molar-refractivity contribution is 7.89. The van der Waals surface area contributed by atoms with Gasteiger partial charge < -0.3 is 4.90 Å². The summed E-state index contributed by atoms with van der Waals surface area (Å²) in [5.41, 5.74) is 1.10. The third-order valence-electron chi connectivity index (χ3n) is 7.06. The van der Waals surface area contributed by atoms with Gasteiger partial charge in [0, 0.05) is 19.6 Å². The molecule has 2 aliphatic rings. The minimum atomic E-state index is -3.79. The van der Waals surface area contributed by atoms with E-state index < -0.39 is 27.5 Å². The van der Waals surface area contributed by atoms with Gasteiger partial charge in [0.2, 0.25) is 15.9 Å². The van der Waals surface area contributed by atoms with Crippen LogP contribution in [0, 0.1) is 11.6 Å². The minimum Gasteiger partial charge on any atom is -0.319 e. The molecule has 2 saturated heterocycles. The Labute approximate surface area is 209 Å². The highest BCUT2D eigenvalue weighted by atomic mass is 32.2. The number of benzene rings is 3. The summed E-state index contributed by atoms with van der Waals surface area (Å²) >= 11 is 0. The largest absolute Gasteiger partial charge is 0.319 e. The molecule has 1 spiro atoms. The molecule has 2 fully saturated rings. The number of sulfonamides is 1. The Balaban J connectivity index is 1.39. The molecule has 2 aliphatic heterocycles. The highest BCUT2D eigenvalue weighted by Crippen LogP contribution is 2.36. The Hall–Kier alpha value is -3.14. The molecule has 2 heterocycles. The molecule has 36 heavy (non-hydrogen) atoms. The second-order valence-corrected chi connectivity index (χ2v) is 11.3. The Morgan fingerprint density at radius 3 is 2.03 bits per heavy atom. The summed E-state index contributed by atoms with van der Waals surface area (Å²) in [6.07, 6.45) is 1.30. The van der Waals surface area contributed by atoms with Crippen LogP contribution in [0.4, 0.5) is 8.78 Å². The zero-order valence-electron chi connectivity index (χ0n) is 19.6. The smallest absolute Gasteiger partial charge is 0.243 e. The van der Waals surface area contributed by atoms with E-state index in [9.17, 15) is 22.0 Å². The molecule has 3 aromatic carbocycles. The number of piperidine rings is 1. The summed E-state index contributed by atoms with van der Waals surface area (Å²) < 4.78 is 54.5. The predicted molar refractivity (Wildman–Crippen MR) is 131 cm³/mol. The number of carbonyl (C=O) groups excluding carboxylic acids is 1. The lowest BCUT2D eigenvalue weighted by atomic mass is 9.96. The summed E-state index contributed by atoms with van der Waals surface area (Å²) in [5.74, 6) is -0.903. The van der Waals surface area contributed by atoms with Crippen molar-refractivity contribution in [2.75, 3.05) is 13.1 Å². The summed E-state index contributed by atoms with van der Waals surface area (Å²) in [6, 6.07) is 20.1. The molecule has 1 amide bonds. The standard InChI is InChI=1S/C27H27F2N3O3S/c28-22-8-6-21(7-9-22)19-32-26(33)25(18-20-4-2-1-3-5-20)30-27(32)14-16-31(17-15-27)36(34,35)24-12-10-23(29)11-13-24/h1-13,25,30H,14-19H2/t25-/m0/s1. The van der Waals surface area contributed by atoms with Crippen molar-refractivity contribution in [3.8, 4) is 0 Å². The first-order chi connectivity index (χ1) is 17.3. The number of nitrogens with one attached hydrogen (secondary N) is 1. The van der Waals surface area contributed by atoms with Gasteiger partial charge in [-0.3, -0.25) is 10.1 Å². The van der Waals surface area contributed by atoms with Crippen LogP contribution in [-0.2, 0) is 27.8 Å². The normalized spacial score (nSPS) is 20.2. The third kappa shape index (κ3) is 4.78. The van der Waals surface area contributed by atoms with Crippen LogP contribution in [0.25, 0.3) is 0 Å². The van der Waals surface area contributed by atoms with Crippen LogP contribution < -0.4 is 5.32 Å². The van der Waals surface area contributed by atoms with Crippen LogP contribution in [0.2, 0.25) is 0 Å². The number of hydrogen-bond donors (Lipinski definition) is 1. The Morgan fingerprint density at radius 1 is 0.833 bits per heavy atom. The SMILES string of the molecule is O=C1[C@H](Cc2ccccc2)NC2(CCN(S(=O)(=O)c3ccc(F)cc3)CC2)N1Cc1ccc(F)cc1. The van der Waals surface area contributed by atoms with Gasteiger partial charge in [0.1, 0.15) is 11.6 Å². The van der Waals surface area contributed by atoms with Crippen molar-refractivity contribution >= 4 is 15.9 Å². The van der Waals surface area contributed by atoms with E-state index in [2.05, 4.69) is 5.32 Å². The van der Waals surface area contributed by atoms with E-state index in [4.69, 9.17) is 0 Å². The lowest BCUT2D eigenvalue weighted by Crippen LogP contribution is -2.59. The molecule has 188 valence electrons. The lowest BCUT2D eigenvalue weighted by Gasteiger charge is -2.44. The Morgan fingerprint density at radius 2 is 1.42 bits per heavy atom. The molecule has 0 aromatic heterocycles. The van der Waals surface area contributed by atoms with Crippen LogP contribution in [0.3, 0.4) is 0 Å². The summed E-state index contributed by atoms with van der Waals surface area (Å²) in [5, 5.41) is 3.54. The molecule has 0 aliphatic carbocycles. The summed E-state index contributed by atoms with van der Waals surface area (Å²) in [4.78, 5) is 15.4. The van der Waals surface area contributed by atoms with Gasteiger partial charge in [0.25, 0.3) is 0 Å². The second-order valence-electron chi connectivity index (χ2n) is 9.33. The fourth-order valence-corrected chi connectivity index (χ4v) is 6.56. The number of carbonyl (C=O) groups is 1. The van der Waals surface area contributed by atoms with Gasteiger partial charge in [0.05, 0.1) is 16.6 Å². The number of amides is 1. The average molecular weight is 512 g/mol. The molecular weight excluding hydrogens is 484 g/mol. The topological polar surface area (TPSA) is 69.7 Å². The molecule has 1 atom stereocenters. The maximum Gasteiger partial charge on any atom is 0.243 e. The number of rotatable bonds is 6. The van der Waals surface area contributed by atoms with E-state index in [1.165, 1.54) is 28.6 Å². The summed E-state index contributed by atoms with van der Waals surface area (Å²) in [7, 11) is -3.79. The quantitative estimate of drug-likeness (QED) is 0.548. The monoisotopic (exact) mass is 511 g/mol. The minimum absolute atomic E-state index is 0.0421. The summed E-state index contributed by atoms with van der Waals surface area (Å²) in [6.45, 7) is 0.706. The van der Waals surface area contributed by atoms with E-state index in [0.717, 1.165) is 23.3 Å². The Bertz CT molecular complexity index is 1320. The molecule has 9 heteroatoms. The lowest BCUT2D eigenvalue weighted by molar-refractivity contribution is -0.134. The van der Waals surface area contributed by atoms with Gasteiger partial charge in [0.15, 0.2) is 0 Å². The van der Waals surface area contributed by atoms with Crippen LogP contribution in [0.5, 0.6) is 0 Å². The number of halogens is 2. The van der Waals surface area contributed by atoms with Gasteiger partial charge in [-0.15, -0.1) is 0 Å². The van der Waals surface area contributed by atoms with E-state index in [-0.39, 0.29) is 29.7 Å². The molecule has 5 rings (SSSR count). The first-order valence-corrected chi connectivity index (χ1v) is 13.3. The van der Waals surface area contributed by atoms with E-state index >= 15 is 0 Å². The second kappa shape index (κ2) is 9.72. The predicted octanol–water partition coefficient (Wildman–Crippen LogP) is 3.69. The molecular formula is C27H27F2N3O3S. The zero-order chi connectivity index (χ0) is 25.3. The first kappa shape index (κ1) is 24.5. The van der Waals surface area contributed by atoms with Gasteiger partial charge in [-0.1, -0.05) is 42.5 Å². The fourth-order valence-electron chi connectivity index (χ4n) is 5.12. The van der Waals surface area contributed by atoms with E-state index in [1.807, 2.05) is 30.3 Å². The molecule has 0 bridgehead atoms. The zero-order valence-corrected chi connectivity index (χ0v) is 20.4. The molecule has 1 N–H and O–H groups in total. The van der Waals surface area contributed by atoms with Gasteiger partial charge in [-0.2, -0.15) is 4.31 Å². The van der Waals surface area contributed by atoms with Crippen molar-refractivity contribution in [1.82, 2.24) is 14.5 Å². The van der Waals surface area contributed by atoms with Crippen molar-refractivity contribution in [3.05, 3.63) is 102 Å². The molecule has 0 unspecified atom stereocenters. The van der Waals surface area contributed by atoms with Crippen LogP contribution >= 0.6 is 0 Å². The van der Waals surface area contributed by atoms with Gasteiger partial charge in [-0.05, 0) is 66.8 Å². The number of hydrogen-bond acceptors (Lipinski definition) is 4. The molecule has 0 saturated carbocycles. The average Bonchev–Trinajstić information content (AvgIpc) is 3.11. The van der Waals surface area contributed by atoms with Crippen molar-refractivity contribution in [1.29, 1.82) is 0 Å². The van der Waals surface area contributed by atoms with Gasteiger partial charge >= 0.3 is 0 Å². The van der Waals surface area contributed by atoms with Crippen molar-refractivity contribution in [3.63, 3.8) is 0 Å². The Kier molecular flexibility index (Phi) is 6.63. The van der Waals surface area contributed by atoms with Crippen molar-refractivity contribution in [2.24, 2.45) is 0 Å². The molecule has 0 radical (unpaired) electrons. The highest BCUT2D eigenvalue weighted by Gasteiger charge is 2.52. The van der Waals surface area contributed by atoms with Crippen LogP contribution in [0.1, 0.15) is 24.0 Å². The maximum atomic E-state index is 13.6. The van der Waals surface area contributed by atoms with Gasteiger partial charge in [-0.25, -0.2) is 17.2 Å². The fraction of sp³-hybridized carbons (Fsp3) is 0.296. The maximum absolute atomic E-state index is 13.6. The van der Waals surface area contributed by atoms with Crippen molar-refractivity contribution in [2.45, 2.75) is 42.4 Å². The van der Waals surface area contributed by atoms with Crippen LogP contribution in [0.15, 0.2) is 83.8 Å². The third-order valence-corrected chi connectivity index (χ3v) is 8.97. The molecule has 3 aromatic rings. The van der Waals surface area contributed by atoms with E-state index in [1.54, 1.807) is 17.0 Å². The van der Waals surface area contributed by atoms with Crippen LogP contribution in [-0.4, -0.2) is 48.3 Å². The molecule has 6 nitrogen and oxygen atoms in total. The van der Waals surface area contributed by atoms with Crippen molar-refractivity contribution < 1.29 is 22.0 Å². The van der Waals surface area contributed by atoms with E-state index in [0.29, 0.717) is 25.8 Å².